The van der Waals surface area contributed by atoms with Crippen molar-refractivity contribution in [2.75, 3.05) is 19.8 Å². The first kappa shape index (κ1) is 14.4. The third-order valence-corrected chi connectivity index (χ3v) is 5.27. The van der Waals surface area contributed by atoms with Gasteiger partial charge in [-0.3, -0.25) is 0 Å². The van der Waals surface area contributed by atoms with Crippen LogP contribution >= 0.6 is 11.3 Å². The second kappa shape index (κ2) is 6.00. The zero-order chi connectivity index (χ0) is 13.9. The third kappa shape index (κ3) is 4.00. The molecule has 0 aliphatic carbocycles. The molecule has 2 N–H and O–H groups in total. The summed E-state index contributed by atoms with van der Waals surface area (Å²) >= 11 is 0.912. The Morgan fingerprint density at radius 2 is 2.16 bits per heavy atom. The second-order valence-corrected chi connectivity index (χ2v) is 7.05. The van der Waals surface area contributed by atoms with E-state index in [9.17, 15) is 13.2 Å². The predicted molar refractivity (Wildman–Crippen MR) is 69.5 cm³/mol. The molecule has 106 valence electrons. The average molecular weight is 305 g/mol. The highest BCUT2D eigenvalue weighted by Crippen LogP contribution is 2.20. The Labute approximate surface area is 115 Å². The van der Waals surface area contributed by atoms with Crippen molar-refractivity contribution in [3.05, 3.63) is 17.0 Å². The van der Waals surface area contributed by atoms with E-state index in [1.165, 1.54) is 11.4 Å². The second-order valence-electron chi connectivity index (χ2n) is 4.35. The number of carbonyl (C=O) groups is 1. The molecule has 6 nitrogen and oxygen atoms in total. The lowest BCUT2D eigenvalue weighted by molar-refractivity contribution is 0.0186. The molecule has 0 bridgehead atoms. The van der Waals surface area contributed by atoms with Crippen LogP contribution in [-0.4, -0.2) is 34.2 Å². The number of primary sulfonamides is 1. The van der Waals surface area contributed by atoms with Crippen molar-refractivity contribution in [1.29, 1.82) is 0 Å². The van der Waals surface area contributed by atoms with Crippen molar-refractivity contribution in [3.8, 4) is 0 Å². The maximum Gasteiger partial charge on any atom is 0.339 e. The van der Waals surface area contributed by atoms with E-state index in [4.69, 9.17) is 14.6 Å². The number of hydrogen-bond acceptors (Lipinski definition) is 6. The summed E-state index contributed by atoms with van der Waals surface area (Å²) in [4.78, 5) is 11.7. The van der Waals surface area contributed by atoms with Crippen LogP contribution in [0.2, 0.25) is 0 Å². The van der Waals surface area contributed by atoms with Gasteiger partial charge in [-0.1, -0.05) is 0 Å². The third-order valence-electron chi connectivity index (χ3n) is 2.88. The minimum atomic E-state index is -3.76. The molecule has 1 fully saturated rings. The molecular weight excluding hydrogens is 290 g/mol. The number of carbonyl (C=O) groups excluding carboxylic acids is 1. The first-order valence-corrected chi connectivity index (χ1v) is 8.25. The van der Waals surface area contributed by atoms with Crippen molar-refractivity contribution < 1.29 is 22.7 Å². The Bertz CT molecular complexity index is 545. The topological polar surface area (TPSA) is 95.7 Å². The Morgan fingerprint density at radius 3 is 2.74 bits per heavy atom. The van der Waals surface area contributed by atoms with Crippen molar-refractivity contribution >= 4 is 27.3 Å². The van der Waals surface area contributed by atoms with Gasteiger partial charge in [0.25, 0.3) is 0 Å². The van der Waals surface area contributed by atoms with Gasteiger partial charge in [0.05, 0.1) is 12.2 Å². The molecule has 0 atom stereocenters. The SMILES string of the molecule is NS(=O)(=O)c1cc(C(=O)OCC2CCOCC2)cs1. The van der Waals surface area contributed by atoms with Crippen LogP contribution in [0.1, 0.15) is 23.2 Å². The zero-order valence-electron chi connectivity index (χ0n) is 10.2. The summed E-state index contributed by atoms with van der Waals surface area (Å²) in [6.07, 6.45) is 1.75. The number of ether oxygens (including phenoxy) is 2. The van der Waals surface area contributed by atoms with Gasteiger partial charge >= 0.3 is 5.97 Å². The van der Waals surface area contributed by atoms with Crippen LogP contribution in [0.4, 0.5) is 0 Å². The van der Waals surface area contributed by atoms with E-state index >= 15 is 0 Å². The summed E-state index contributed by atoms with van der Waals surface area (Å²) < 4.78 is 32.5. The molecule has 1 aliphatic heterocycles. The van der Waals surface area contributed by atoms with Gasteiger partial charge in [0.15, 0.2) is 0 Å². The Kier molecular flexibility index (Phi) is 4.56. The highest BCUT2D eigenvalue weighted by molar-refractivity contribution is 7.91. The van der Waals surface area contributed by atoms with Crippen LogP contribution < -0.4 is 5.14 Å². The van der Waals surface area contributed by atoms with Crippen LogP contribution in [0.15, 0.2) is 15.7 Å². The van der Waals surface area contributed by atoms with Gasteiger partial charge in [-0.15, -0.1) is 11.3 Å². The van der Waals surface area contributed by atoms with Crippen molar-refractivity contribution in [3.63, 3.8) is 0 Å². The van der Waals surface area contributed by atoms with Gasteiger partial charge in [-0.2, -0.15) is 0 Å². The zero-order valence-corrected chi connectivity index (χ0v) is 11.8. The highest BCUT2D eigenvalue weighted by Gasteiger charge is 2.19. The molecular formula is C11H15NO5S2. The lowest BCUT2D eigenvalue weighted by Gasteiger charge is -2.21. The molecule has 19 heavy (non-hydrogen) atoms. The Hall–Kier alpha value is -0.960. The van der Waals surface area contributed by atoms with E-state index in [0.29, 0.717) is 25.7 Å². The molecule has 2 heterocycles. The van der Waals surface area contributed by atoms with Crippen molar-refractivity contribution in [2.45, 2.75) is 17.1 Å². The summed E-state index contributed by atoms with van der Waals surface area (Å²) in [6.45, 7) is 1.72. The Balaban J connectivity index is 1.91. The minimum absolute atomic E-state index is 0.0366. The standard InChI is InChI=1S/C11H15NO5S2/c12-19(14,15)10-5-9(7-18-10)11(13)17-6-8-1-3-16-4-2-8/h5,7-8H,1-4,6H2,(H2,12,14,15). The number of thiophene rings is 1. The first-order valence-electron chi connectivity index (χ1n) is 5.83. The number of rotatable bonds is 4. The molecule has 8 heteroatoms. The van der Waals surface area contributed by atoms with Crippen molar-refractivity contribution in [2.24, 2.45) is 11.1 Å². The average Bonchev–Trinajstić information content (AvgIpc) is 2.87. The summed E-state index contributed by atoms with van der Waals surface area (Å²) in [5, 5.41) is 6.41. The monoisotopic (exact) mass is 305 g/mol. The van der Waals surface area contributed by atoms with Gasteiger partial charge in [0.2, 0.25) is 10.0 Å². The van der Waals surface area contributed by atoms with E-state index in [2.05, 4.69) is 0 Å². The Morgan fingerprint density at radius 1 is 1.47 bits per heavy atom. The molecule has 1 aromatic rings. The number of hydrogen-bond donors (Lipinski definition) is 1. The van der Waals surface area contributed by atoms with Gasteiger partial charge in [0.1, 0.15) is 4.21 Å². The number of nitrogens with two attached hydrogens (primary N) is 1. The molecule has 1 aromatic heterocycles. The summed E-state index contributed by atoms with van der Waals surface area (Å²) in [5.74, 6) is -0.202. The summed E-state index contributed by atoms with van der Waals surface area (Å²) in [6, 6.07) is 1.24. The fraction of sp³-hybridized carbons (Fsp3) is 0.545. The molecule has 0 aromatic carbocycles. The maximum atomic E-state index is 11.7. The summed E-state index contributed by atoms with van der Waals surface area (Å²) in [5.41, 5.74) is 0.223. The van der Waals surface area contributed by atoms with Gasteiger partial charge in [0, 0.05) is 18.6 Å². The van der Waals surface area contributed by atoms with Crippen molar-refractivity contribution in [1.82, 2.24) is 0 Å². The highest BCUT2D eigenvalue weighted by atomic mass is 32.2. The fourth-order valence-corrected chi connectivity index (χ4v) is 3.34. The van der Waals surface area contributed by atoms with Crippen LogP contribution in [0, 0.1) is 5.92 Å². The first-order chi connectivity index (χ1) is 8.97. The fourth-order valence-electron chi connectivity index (χ4n) is 1.76. The normalized spacial score (nSPS) is 17.3. The van der Waals surface area contributed by atoms with E-state index in [0.717, 1.165) is 24.2 Å². The molecule has 0 unspecified atom stereocenters. The van der Waals surface area contributed by atoms with Gasteiger partial charge in [-0.05, 0) is 24.8 Å². The quantitative estimate of drug-likeness (QED) is 0.837. The lowest BCUT2D eigenvalue weighted by Crippen LogP contribution is -2.21. The van der Waals surface area contributed by atoms with Crippen LogP contribution in [0.3, 0.4) is 0 Å². The summed E-state index contributed by atoms with van der Waals surface area (Å²) in [7, 11) is -3.76. The lowest BCUT2D eigenvalue weighted by atomic mass is 10.0. The number of esters is 1. The van der Waals surface area contributed by atoms with Gasteiger partial charge < -0.3 is 9.47 Å². The molecule has 0 spiro atoms. The van der Waals surface area contributed by atoms with Gasteiger partial charge in [-0.25, -0.2) is 18.4 Å². The largest absolute Gasteiger partial charge is 0.462 e. The van der Waals surface area contributed by atoms with Crippen LogP contribution in [-0.2, 0) is 19.5 Å². The van der Waals surface area contributed by atoms with E-state index in [1.54, 1.807) is 0 Å². The molecule has 2 rings (SSSR count). The van der Waals surface area contributed by atoms with Crippen LogP contribution in [0.5, 0.6) is 0 Å². The van der Waals surface area contributed by atoms with E-state index in [1.807, 2.05) is 0 Å². The van der Waals surface area contributed by atoms with Crippen LogP contribution in [0.25, 0.3) is 0 Å². The minimum Gasteiger partial charge on any atom is -0.462 e. The molecule has 0 amide bonds. The maximum absolute atomic E-state index is 11.7. The predicted octanol–water partition coefficient (Wildman–Crippen LogP) is 0.979. The number of sulfonamides is 1. The molecule has 1 saturated heterocycles. The van der Waals surface area contributed by atoms with E-state index < -0.39 is 16.0 Å². The molecule has 1 aliphatic rings. The molecule has 0 saturated carbocycles. The smallest absolute Gasteiger partial charge is 0.339 e. The van der Waals surface area contributed by atoms with E-state index in [-0.39, 0.29) is 9.77 Å². The molecule has 0 radical (unpaired) electrons.